The van der Waals surface area contributed by atoms with E-state index < -0.39 is 0 Å². The van der Waals surface area contributed by atoms with E-state index in [2.05, 4.69) is 6.92 Å². The average molecular weight is 206 g/mol. The third-order valence-corrected chi connectivity index (χ3v) is 5.37. The van der Waals surface area contributed by atoms with E-state index in [1.807, 2.05) is 0 Å². The molecule has 84 valence electrons. The SMILES string of the molecule is CCCC12CC(C3CCC(=O)CC3)(C1)C2. The molecule has 4 fully saturated rings. The lowest BCUT2D eigenvalue weighted by Crippen LogP contribution is -2.64. The summed E-state index contributed by atoms with van der Waals surface area (Å²) in [4.78, 5) is 11.2. The Balaban J connectivity index is 1.57. The van der Waals surface area contributed by atoms with E-state index in [1.165, 1.54) is 44.9 Å². The van der Waals surface area contributed by atoms with E-state index in [4.69, 9.17) is 0 Å². The molecule has 0 atom stereocenters. The van der Waals surface area contributed by atoms with Crippen molar-refractivity contribution in [3.8, 4) is 0 Å². The van der Waals surface area contributed by atoms with Gasteiger partial charge >= 0.3 is 0 Å². The summed E-state index contributed by atoms with van der Waals surface area (Å²) in [6.45, 7) is 2.31. The number of Topliss-reactive ketones (excluding diaryl/α,β-unsaturated/α-hetero) is 1. The van der Waals surface area contributed by atoms with Crippen LogP contribution in [0.3, 0.4) is 0 Å². The smallest absolute Gasteiger partial charge is 0.132 e. The van der Waals surface area contributed by atoms with Gasteiger partial charge in [0.2, 0.25) is 0 Å². The Morgan fingerprint density at radius 2 is 1.80 bits per heavy atom. The molecule has 0 heterocycles. The van der Waals surface area contributed by atoms with Crippen molar-refractivity contribution < 1.29 is 4.79 Å². The van der Waals surface area contributed by atoms with Crippen molar-refractivity contribution in [3.05, 3.63) is 0 Å². The molecule has 0 aromatic rings. The lowest BCUT2D eigenvalue weighted by molar-refractivity contribution is -0.243. The van der Waals surface area contributed by atoms with Gasteiger partial charge in [-0.25, -0.2) is 0 Å². The summed E-state index contributed by atoms with van der Waals surface area (Å²) >= 11 is 0. The highest BCUT2D eigenvalue weighted by atomic mass is 16.1. The molecule has 0 saturated heterocycles. The maximum atomic E-state index is 11.2. The Kier molecular flexibility index (Phi) is 2.03. The summed E-state index contributed by atoms with van der Waals surface area (Å²) in [6, 6.07) is 0. The molecule has 0 radical (unpaired) electrons. The minimum atomic E-state index is 0.515. The fraction of sp³-hybridized carbons (Fsp3) is 0.929. The zero-order chi connectivity index (χ0) is 10.5. The van der Waals surface area contributed by atoms with Gasteiger partial charge in [0.1, 0.15) is 5.78 Å². The van der Waals surface area contributed by atoms with E-state index in [-0.39, 0.29) is 0 Å². The number of ketones is 1. The van der Waals surface area contributed by atoms with Crippen molar-refractivity contribution in [1.82, 2.24) is 0 Å². The van der Waals surface area contributed by atoms with Gasteiger partial charge < -0.3 is 0 Å². The van der Waals surface area contributed by atoms with Gasteiger partial charge in [0.05, 0.1) is 0 Å². The molecule has 0 unspecified atom stereocenters. The molecule has 2 bridgehead atoms. The molecule has 0 aromatic heterocycles. The summed E-state index contributed by atoms with van der Waals surface area (Å²) in [5.74, 6) is 1.43. The summed E-state index contributed by atoms with van der Waals surface area (Å²) in [5.41, 5.74) is 1.52. The first-order valence-corrected chi connectivity index (χ1v) is 6.70. The Labute approximate surface area is 92.6 Å². The predicted octanol–water partition coefficient (Wildman–Crippen LogP) is 3.72. The second-order valence-corrected chi connectivity index (χ2v) is 6.46. The predicted molar refractivity (Wildman–Crippen MR) is 60.6 cm³/mol. The molecule has 15 heavy (non-hydrogen) atoms. The van der Waals surface area contributed by atoms with Crippen LogP contribution in [0.1, 0.15) is 64.7 Å². The van der Waals surface area contributed by atoms with Crippen molar-refractivity contribution in [2.75, 3.05) is 0 Å². The molecular weight excluding hydrogens is 184 g/mol. The zero-order valence-electron chi connectivity index (χ0n) is 9.85. The molecule has 4 saturated carbocycles. The minimum Gasteiger partial charge on any atom is -0.300 e. The highest BCUT2D eigenvalue weighted by Gasteiger charge is 2.68. The molecule has 0 amide bonds. The first-order chi connectivity index (χ1) is 7.18. The van der Waals surface area contributed by atoms with E-state index in [9.17, 15) is 4.79 Å². The van der Waals surface area contributed by atoms with Crippen LogP contribution < -0.4 is 0 Å². The van der Waals surface area contributed by atoms with Gasteiger partial charge in [0.25, 0.3) is 0 Å². The van der Waals surface area contributed by atoms with Crippen LogP contribution in [-0.2, 0) is 4.79 Å². The second-order valence-electron chi connectivity index (χ2n) is 6.46. The first-order valence-electron chi connectivity index (χ1n) is 6.70. The summed E-state index contributed by atoms with van der Waals surface area (Å²) < 4.78 is 0. The molecule has 0 aliphatic heterocycles. The van der Waals surface area contributed by atoms with Gasteiger partial charge in [0, 0.05) is 12.8 Å². The van der Waals surface area contributed by atoms with Crippen LogP contribution in [0, 0.1) is 16.7 Å². The highest BCUT2D eigenvalue weighted by Crippen LogP contribution is 2.78. The lowest BCUT2D eigenvalue weighted by atomic mass is 9.30. The van der Waals surface area contributed by atoms with Crippen LogP contribution in [0.5, 0.6) is 0 Å². The van der Waals surface area contributed by atoms with Gasteiger partial charge in [-0.1, -0.05) is 13.3 Å². The van der Waals surface area contributed by atoms with E-state index in [1.54, 1.807) is 0 Å². The Bertz CT molecular complexity index is 262. The fourth-order valence-corrected chi connectivity index (χ4v) is 4.87. The molecule has 0 N–H and O–H groups in total. The van der Waals surface area contributed by atoms with Crippen LogP contribution in [-0.4, -0.2) is 5.78 Å². The molecule has 0 spiro atoms. The van der Waals surface area contributed by atoms with Crippen molar-refractivity contribution in [1.29, 1.82) is 0 Å². The molecular formula is C14H22O. The molecule has 4 rings (SSSR count). The molecule has 0 aromatic carbocycles. The normalized spacial score (nSPS) is 44.7. The maximum Gasteiger partial charge on any atom is 0.132 e. The third-order valence-electron chi connectivity index (χ3n) is 5.37. The Hall–Kier alpha value is -0.330. The van der Waals surface area contributed by atoms with Crippen molar-refractivity contribution >= 4 is 5.78 Å². The zero-order valence-corrected chi connectivity index (χ0v) is 9.85. The Morgan fingerprint density at radius 3 is 2.33 bits per heavy atom. The Morgan fingerprint density at radius 1 is 1.20 bits per heavy atom. The lowest BCUT2D eigenvalue weighted by Gasteiger charge is -2.74. The first kappa shape index (κ1) is 9.86. The average Bonchev–Trinajstić information content (AvgIpc) is 2.11. The van der Waals surface area contributed by atoms with Crippen LogP contribution in [0.25, 0.3) is 0 Å². The van der Waals surface area contributed by atoms with Gasteiger partial charge in [-0.15, -0.1) is 0 Å². The van der Waals surface area contributed by atoms with Gasteiger partial charge in [-0.2, -0.15) is 0 Å². The van der Waals surface area contributed by atoms with Crippen LogP contribution >= 0.6 is 0 Å². The molecule has 1 nitrogen and oxygen atoms in total. The second kappa shape index (κ2) is 3.09. The van der Waals surface area contributed by atoms with E-state index >= 15 is 0 Å². The number of hydrogen-bond donors (Lipinski definition) is 0. The van der Waals surface area contributed by atoms with Crippen molar-refractivity contribution in [2.24, 2.45) is 16.7 Å². The quantitative estimate of drug-likeness (QED) is 0.688. The summed E-state index contributed by atoms with van der Waals surface area (Å²) in [7, 11) is 0. The number of rotatable bonds is 3. The fourth-order valence-electron chi connectivity index (χ4n) is 4.87. The third kappa shape index (κ3) is 1.31. The largest absolute Gasteiger partial charge is 0.300 e. The van der Waals surface area contributed by atoms with Gasteiger partial charge in [0.15, 0.2) is 0 Å². The van der Waals surface area contributed by atoms with Gasteiger partial charge in [-0.3, -0.25) is 4.79 Å². The monoisotopic (exact) mass is 206 g/mol. The minimum absolute atomic E-state index is 0.515. The number of carbonyl (C=O) groups is 1. The van der Waals surface area contributed by atoms with Crippen LogP contribution in [0.15, 0.2) is 0 Å². The number of carbonyl (C=O) groups excluding carboxylic acids is 1. The van der Waals surface area contributed by atoms with E-state index in [0.717, 1.165) is 29.6 Å². The van der Waals surface area contributed by atoms with Crippen LogP contribution in [0.2, 0.25) is 0 Å². The standard InChI is InChI=1S/C14H22O/c1-2-7-13-8-14(9-13,10-13)11-3-5-12(15)6-4-11/h11H,2-10H2,1H3. The van der Waals surface area contributed by atoms with Crippen LogP contribution in [0.4, 0.5) is 0 Å². The number of hydrogen-bond acceptors (Lipinski definition) is 1. The van der Waals surface area contributed by atoms with E-state index in [0.29, 0.717) is 5.78 Å². The van der Waals surface area contributed by atoms with Crippen molar-refractivity contribution in [3.63, 3.8) is 0 Å². The maximum absolute atomic E-state index is 11.2. The summed E-state index contributed by atoms with van der Waals surface area (Å²) in [5, 5.41) is 0. The highest BCUT2D eigenvalue weighted by molar-refractivity contribution is 5.79. The molecule has 1 heteroatoms. The molecule has 4 aliphatic rings. The topological polar surface area (TPSA) is 17.1 Å². The van der Waals surface area contributed by atoms with Gasteiger partial charge in [-0.05, 0) is 55.3 Å². The summed E-state index contributed by atoms with van der Waals surface area (Å²) in [6.07, 6.45) is 11.5. The van der Waals surface area contributed by atoms with Crippen molar-refractivity contribution in [2.45, 2.75) is 64.7 Å². The molecule has 4 aliphatic carbocycles.